The van der Waals surface area contributed by atoms with Gasteiger partial charge in [-0.2, -0.15) is 8.42 Å². The number of amides is 1. The Morgan fingerprint density at radius 1 is 1.19 bits per heavy atom. The third kappa shape index (κ3) is 4.48. The van der Waals surface area contributed by atoms with E-state index in [1.807, 2.05) is 0 Å². The summed E-state index contributed by atoms with van der Waals surface area (Å²) in [6, 6.07) is 9.52. The highest BCUT2D eigenvalue weighted by molar-refractivity contribution is 7.90. The van der Waals surface area contributed by atoms with E-state index in [0.717, 1.165) is 12.1 Å². The van der Waals surface area contributed by atoms with Crippen molar-refractivity contribution in [2.24, 2.45) is 10.3 Å². The molecule has 2 aromatic rings. The predicted molar refractivity (Wildman–Crippen MR) is 98.1 cm³/mol. The summed E-state index contributed by atoms with van der Waals surface area (Å²) in [7, 11) is -3.77. The summed E-state index contributed by atoms with van der Waals surface area (Å²) in [5, 5.41) is 5.45. The van der Waals surface area contributed by atoms with Gasteiger partial charge in [0, 0.05) is 24.6 Å². The molecule has 2 N–H and O–H groups in total. The van der Waals surface area contributed by atoms with Crippen molar-refractivity contribution in [3.05, 3.63) is 54.1 Å². The quantitative estimate of drug-likeness (QED) is 0.814. The lowest BCUT2D eigenvalue weighted by Gasteiger charge is -2.20. The Hall–Kier alpha value is -2.81. The van der Waals surface area contributed by atoms with Crippen molar-refractivity contribution in [3.63, 3.8) is 0 Å². The normalized spacial score (nSPS) is 15.9. The first-order valence-corrected chi connectivity index (χ1v) is 9.63. The van der Waals surface area contributed by atoms with E-state index in [1.54, 1.807) is 25.1 Å². The molecule has 1 heterocycles. The SMILES string of the molecule is C[C@H](CC(=O)Nc1ccc(F)c(F)c1)CC1=NS(=O)(=O)c2ccccc2N1. The largest absolute Gasteiger partial charge is 0.342 e. The number of hydrogen-bond donors (Lipinski definition) is 2. The summed E-state index contributed by atoms with van der Waals surface area (Å²) in [4.78, 5) is 12.2. The second-order valence-corrected chi connectivity index (χ2v) is 7.90. The lowest BCUT2D eigenvalue weighted by atomic mass is 10.0. The average molecular weight is 393 g/mol. The molecule has 2 aromatic carbocycles. The molecule has 9 heteroatoms. The van der Waals surface area contributed by atoms with Crippen LogP contribution >= 0.6 is 0 Å². The molecule has 1 atom stereocenters. The number of fused-ring (bicyclic) bond motifs is 1. The molecule has 1 aliphatic rings. The molecule has 142 valence electrons. The van der Waals surface area contributed by atoms with Crippen LogP contribution in [-0.2, 0) is 14.8 Å². The number of nitrogens with one attached hydrogen (secondary N) is 2. The summed E-state index contributed by atoms with van der Waals surface area (Å²) in [6.07, 6.45) is 0.292. The van der Waals surface area contributed by atoms with E-state index in [-0.39, 0.29) is 35.2 Å². The number of para-hydroxylation sites is 1. The molecule has 1 aliphatic heterocycles. The van der Waals surface area contributed by atoms with E-state index >= 15 is 0 Å². The molecule has 0 bridgehead atoms. The van der Waals surface area contributed by atoms with Gasteiger partial charge in [-0.1, -0.05) is 19.1 Å². The molecule has 27 heavy (non-hydrogen) atoms. The van der Waals surface area contributed by atoms with Crippen LogP contribution in [0.1, 0.15) is 19.8 Å². The first-order valence-electron chi connectivity index (χ1n) is 8.19. The third-order valence-electron chi connectivity index (χ3n) is 3.95. The first-order chi connectivity index (χ1) is 12.7. The molecule has 0 fully saturated rings. The fraction of sp³-hybridized carbons (Fsp3) is 0.222. The number of hydrogen-bond acceptors (Lipinski definition) is 4. The minimum atomic E-state index is -3.77. The van der Waals surface area contributed by atoms with E-state index in [4.69, 9.17) is 0 Å². The fourth-order valence-corrected chi connectivity index (χ4v) is 3.92. The molecule has 0 radical (unpaired) electrons. The number of anilines is 2. The minimum absolute atomic E-state index is 0.0569. The maximum atomic E-state index is 13.2. The maximum Gasteiger partial charge on any atom is 0.286 e. The number of amidine groups is 1. The van der Waals surface area contributed by atoms with Gasteiger partial charge in [0.25, 0.3) is 10.0 Å². The van der Waals surface area contributed by atoms with Crippen LogP contribution in [0.2, 0.25) is 0 Å². The predicted octanol–water partition coefficient (Wildman–Crippen LogP) is 3.53. The standard InChI is InChI=1S/C18H17F2N3O3S/c1-11(9-18(24)21-12-6-7-13(19)14(20)10-12)8-17-22-15-4-2-3-5-16(15)27(25,26)23-17/h2-7,10-11H,8-9H2,1H3,(H,21,24)(H,22,23)/t11-/m0/s1. The second kappa shape index (κ2) is 7.43. The lowest BCUT2D eigenvalue weighted by molar-refractivity contribution is -0.116. The van der Waals surface area contributed by atoms with Crippen molar-refractivity contribution in [2.45, 2.75) is 24.7 Å². The van der Waals surface area contributed by atoms with Crippen LogP contribution in [-0.4, -0.2) is 20.2 Å². The average Bonchev–Trinajstić information content (AvgIpc) is 2.57. The Balaban J connectivity index is 1.62. The molecular formula is C18H17F2N3O3S. The Morgan fingerprint density at radius 2 is 1.93 bits per heavy atom. The van der Waals surface area contributed by atoms with Gasteiger partial charge >= 0.3 is 0 Å². The van der Waals surface area contributed by atoms with Crippen molar-refractivity contribution in [1.29, 1.82) is 0 Å². The summed E-state index contributed by atoms with van der Waals surface area (Å²) in [5.41, 5.74) is 0.594. The number of halogens is 2. The van der Waals surface area contributed by atoms with Gasteiger partial charge in [0.2, 0.25) is 5.91 Å². The van der Waals surface area contributed by atoms with Gasteiger partial charge in [-0.3, -0.25) is 4.79 Å². The molecule has 1 amide bonds. The Labute approximate surface area is 155 Å². The molecular weight excluding hydrogens is 376 g/mol. The number of carbonyl (C=O) groups excluding carboxylic acids is 1. The number of benzene rings is 2. The summed E-state index contributed by atoms with van der Waals surface area (Å²) < 4.78 is 54.3. The van der Waals surface area contributed by atoms with E-state index in [1.165, 1.54) is 12.1 Å². The van der Waals surface area contributed by atoms with Crippen LogP contribution in [0.25, 0.3) is 0 Å². The monoisotopic (exact) mass is 393 g/mol. The zero-order valence-corrected chi connectivity index (χ0v) is 15.2. The van der Waals surface area contributed by atoms with Crippen molar-refractivity contribution in [3.8, 4) is 0 Å². The summed E-state index contributed by atoms with van der Waals surface area (Å²) in [5.74, 6) is -2.42. The molecule has 0 aliphatic carbocycles. The van der Waals surface area contributed by atoms with Gasteiger partial charge in [-0.05, 0) is 30.2 Å². The van der Waals surface area contributed by atoms with Crippen LogP contribution in [0.4, 0.5) is 20.2 Å². The Kier molecular flexibility index (Phi) is 5.22. The number of carbonyl (C=O) groups is 1. The fourth-order valence-electron chi connectivity index (χ4n) is 2.76. The molecule has 0 saturated carbocycles. The van der Waals surface area contributed by atoms with Gasteiger partial charge in [0.05, 0.1) is 5.69 Å². The highest BCUT2D eigenvalue weighted by Crippen LogP contribution is 2.28. The van der Waals surface area contributed by atoms with E-state index in [0.29, 0.717) is 5.69 Å². The molecule has 0 unspecified atom stereocenters. The molecule has 6 nitrogen and oxygen atoms in total. The van der Waals surface area contributed by atoms with Gasteiger partial charge < -0.3 is 10.6 Å². The summed E-state index contributed by atoms with van der Waals surface area (Å²) in [6.45, 7) is 1.77. The Bertz CT molecular complexity index is 1020. The number of sulfonamides is 1. The van der Waals surface area contributed by atoms with Crippen LogP contribution in [0, 0.1) is 17.6 Å². The summed E-state index contributed by atoms with van der Waals surface area (Å²) >= 11 is 0. The van der Waals surface area contributed by atoms with Crippen LogP contribution in [0.5, 0.6) is 0 Å². The molecule has 0 saturated heterocycles. The van der Waals surface area contributed by atoms with E-state index in [2.05, 4.69) is 15.0 Å². The van der Waals surface area contributed by atoms with Crippen LogP contribution < -0.4 is 10.6 Å². The van der Waals surface area contributed by atoms with Gasteiger partial charge in [0.1, 0.15) is 10.7 Å². The molecule has 0 aromatic heterocycles. The van der Waals surface area contributed by atoms with Gasteiger partial charge in [-0.15, -0.1) is 4.40 Å². The first kappa shape index (κ1) is 19.0. The number of rotatable bonds is 5. The van der Waals surface area contributed by atoms with Crippen LogP contribution in [0.15, 0.2) is 51.8 Å². The number of nitrogens with zero attached hydrogens (tertiary/aromatic N) is 1. The third-order valence-corrected chi connectivity index (χ3v) is 5.33. The molecule has 0 spiro atoms. The van der Waals surface area contributed by atoms with Crippen molar-refractivity contribution < 1.29 is 22.0 Å². The highest BCUT2D eigenvalue weighted by atomic mass is 32.2. The second-order valence-electron chi connectivity index (χ2n) is 6.32. The van der Waals surface area contributed by atoms with E-state index in [9.17, 15) is 22.0 Å². The van der Waals surface area contributed by atoms with Gasteiger partial charge in [0.15, 0.2) is 11.6 Å². The minimum Gasteiger partial charge on any atom is -0.342 e. The highest BCUT2D eigenvalue weighted by Gasteiger charge is 2.25. The van der Waals surface area contributed by atoms with Crippen molar-refractivity contribution in [2.75, 3.05) is 10.6 Å². The maximum absolute atomic E-state index is 13.2. The van der Waals surface area contributed by atoms with Gasteiger partial charge in [-0.25, -0.2) is 8.78 Å². The van der Waals surface area contributed by atoms with E-state index < -0.39 is 27.6 Å². The topological polar surface area (TPSA) is 87.6 Å². The van der Waals surface area contributed by atoms with Crippen molar-refractivity contribution >= 4 is 33.1 Å². The zero-order valence-electron chi connectivity index (χ0n) is 14.4. The van der Waals surface area contributed by atoms with Crippen LogP contribution in [0.3, 0.4) is 0 Å². The van der Waals surface area contributed by atoms with Crippen molar-refractivity contribution in [1.82, 2.24) is 0 Å². The smallest absolute Gasteiger partial charge is 0.286 e. The zero-order chi connectivity index (χ0) is 19.6. The Morgan fingerprint density at radius 3 is 2.67 bits per heavy atom. The molecule has 3 rings (SSSR count). The lowest BCUT2D eigenvalue weighted by Crippen LogP contribution is -2.25.